The van der Waals surface area contributed by atoms with Crippen molar-refractivity contribution in [3.63, 3.8) is 0 Å². The van der Waals surface area contributed by atoms with E-state index in [9.17, 15) is 9.59 Å². The highest BCUT2D eigenvalue weighted by molar-refractivity contribution is 7.71. The van der Waals surface area contributed by atoms with Gasteiger partial charge in [0, 0.05) is 18.7 Å². The van der Waals surface area contributed by atoms with Gasteiger partial charge in [-0.15, -0.1) is 0 Å². The largest absolute Gasteiger partial charge is 0.457 e. The number of aromatic nitrogens is 2. The third-order valence-corrected chi connectivity index (χ3v) is 5.14. The number of H-pyrrole nitrogens is 1. The van der Waals surface area contributed by atoms with E-state index in [1.165, 1.54) is 4.57 Å². The molecule has 0 bridgehead atoms. The number of hydrogen-bond acceptors (Lipinski definition) is 4. The quantitative estimate of drug-likeness (QED) is 0.412. The summed E-state index contributed by atoms with van der Waals surface area (Å²) in [5.41, 5.74) is 2.25. The molecule has 4 aromatic rings. The van der Waals surface area contributed by atoms with Crippen molar-refractivity contribution < 1.29 is 9.53 Å². The SMILES string of the molecule is Cc1cccc(Oc2ccc(NC(=O)CCn3c(=S)[nH]c4ccccc4c3=O)cc2)c1. The average molecular weight is 432 g/mol. The fraction of sp³-hybridized carbons (Fsp3) is 0.125. The zero-order valence-corrected chi connectivity index (χ0v) is 17.7. The average Bonchev–Trinajstić information content (AvgIpc) is 2.75. The molecular weight excluding hydrogens is 410 g/mol. The lowest BCUT2D eigenvalue weighted by Gasteiger charge is -2.10. The van der Waals surface area contributed by atoms with E-state index < -0.39 is 0 Å². The van der Waals surface area contributed by atoms with Crippen LogP contribution in [0.15, 0.2) is 77.6 Å². The molecular formula is C24H21N3O3S. The van der Waals surface area contributed by atoms with Crippen LogP contribution >= 0.6 is 12.2 Å². The molecule has 0 unspecified atom stereocenters. The Morgan fingerprint density at radius 1 is 1.03 bits per heavy atom. The van der Waals surface area contributed by atoms with Gasteiger partial charge >= 0.3 is 0 Å². The van der Waals surface area contributed by atoms with E-state index >= 15 is 0 Å². The highest BCUT2D eigenvalue weighted by Crippen LogP contribution is 2.23. The number of carbonyl (C=O) groups excluding carboxylic acids is 1. The van der Waals surface area contributed by atoms with Crippen LogP contribution in [0.1, 0.15) is 12.0 Å². The van der Waals surface area contributed by atoms with Crippen LogP contribution in [0.5, 0.6) is 11.5 Å². The molecule has 1 heterocycles. The predicted molar refractivity (Wildman–Crippen MR) is 124 cm³/mol. The van der Waals surface area contributed by atoms with Crippen LogP contribution in [-0.2, 0) is 11.3 Å². The summed E-state index contributed by atoms with van der Waals surface area (Å²) in [5.74, 6) is 1.23. The van der Waals surface area contributed by atoms with Gasteiger partial charge in [-0.05, 0) is 73.2 Å². The Bertz CT molecular complexity index is 1360. The zero-order chi connectivity index (χ0) is 21.8. The van der Waals surface area contributed by atoms with E-state index in [1.807, 2.05) is 37.3 Å². The van der Waals surface area contributed by atoms with Crippen LogP contribution in [0.25, 0.3) is 10.9 Å². The Morgan fingerprint density at radius 3 is 2.58 bits per heavy atom. The van der Waals surface area contributed by atoms with Crippen molar-refractivity contribution in [1.82, 2.24) is 9.55 Å². The molecule has 7 heteroatoms. The number of anilines is 1. The number of nitrogens with zero attached hydrogens (tertiary/aromatic N) is 1. The number of aryl methyl sites for hydroxylation is 1. The first-order valence-corrected chi connectivity index (χ1v) is 10.3. The van der Waals surface area contributed by atoms with Crippen LogP contribution in [0.4, 0.5) is 5.69 Å². The van der Waals surface area contributed by atoms with Crippen molar-refractivity contribution in [3.05, 3.63) is 93.5 Å². The monoisotopic (exact) mass is 431 g/mol. The number of hydrogen-bond donors (Lipinski definition) is 2. The number of ether oxygens (including phenoxy) is 1. The summed E-state index contributed by atoms with van der Waals surface area (Å²) in [6, 6.07) is 22.1. The van der Waals surface area contributed by atoms with Gasteiger partial charge < -0.3 is 15.0 Å². The molecule has 0 aliphatic heterocycles. The van der Waals surface area contributed by atoms with Crippen molar-refractivity contribution in [1.29, 1.82) is 0 Å². The first kappa shape index (κ1) is 20.6. The highest BCUT2D eigenvalue weighted by atomic mass is 32.1. The highest BCUT2D eigenvalue weighted by Gasteiger charge is 2.08. The molecule has 0 atom stereocenters. The van der Waals surface area contributed by atoms with Crippen LogP contribution in [-0.4, -0.2) is 15.5 Å². The fourth-order valence-electron chi connectivity index (χ4n) is 3.26. The van der Waals surface area contributed by atoms with Gasteiger partial charge in [0.25, 0.3) is 5.56 Å². The summed E-state index contributed by atoms with van der Waals surface area (Å²) in [4.78, 5) is 28.1. The summed E-state index contributed by atoms with van der Waals surface area (Å²) in [6.45, 7) is 2.20. The molecule has 3 aromatic carbocycles. The molecule has 4 rings (SSSR count). The van der Waals surface area contributed by atoms with Gasteiger partial charge in [0.15, 0.2) is 4.77 Å². The molecule has 0 spiro atoms. The minimum atomic E-state index is -0.207. The molecule has 0 saturated heterocycles. The zero-order valence-electron chi connectivity index (χ0n) is 16.9. The van der Waals surface area contributed by atoms with Gasteiger partial charge in [-0.25, -0.2) is 0 Å². The summed E-state index contributed by atoms with van der Waals surface area (Å²) in [5, 5.41) is 3.38. The number of para-hydroxylation sites is 1. The fourth-order valence-corrected chi connectivity index (χ4v) is 3.54. The van der Waals surface area contributed by atoms with Crippen molar-refractivity contribution in [2.45, 2.75) is 19.9 Å². The Morgan fingerprint density at radius 2 is 1.81 bits per heavy atom. The molecule has 0 aliphatic carbocycles. The van der Waals surface area contributed by atoms with E-state index in [2.05, 4.69) is 10.3 Å². The van der Waals surface area contributed by atoms with E-state index in [4.69, 9.17) is 17.0 Å². The number of nitrogens with one attached hydrogen (secondary N) is 2. The van der Waals surface area contributed by atoms with Crippen molar-refractivity contribution in [2.24, 2.45) is 0 Å². The molecule has 1 aromatic heterocycles. The number of aromatic amines is 1. The summed E-state index contributed by atoms with van der Waals surface area (Å²) < 4.78 is 7.53. The maximum absolute atomic E-state index is 12.7. The lowest BCUT2D eigenvalue weighted by molar-refractivity contribution is -0.116. The van der Waals surface area contributed by atoms with E-state index in [0.717, 1.165) is 11.3 Å². The molecule has 31 heavy (non-hydrogen) atoms. The smallest absolute Gasteiger partial charge is 0.262 e. The molecule has 0 aliphatic rings. The third kappa shape index (κ3) is 4.90. The topological polar surface area (TPSA) is 76.1 Å². The standard InChI is InChI=1S/C24H21N3O3S/c1-16-5-4-6-19(15-16)30-18-11-9-17(10-12-18)25-22(28)13-14-27-23(29)20-7-2-3-8-21(20)26-24(27)31/h2-12,15H,13-14H2,1H3,(H,25,28)(H,26,31). The first-order valence-electron chi connectivity index (χ1n) is 9.86. The predicted octanol–water partition coefficient (Wildman–Crippen LogP) is 5.19. The molecule has 1 amide bonds. The Balaban J connectivity index is 1.39. The molecule has 0 fully saturated rings. The van der Waals surface area contributed by atoms with Crippen LogP contribution in [0.2, 0.25) is 0 Å². The van der Waals surface area contributed by atoms with E-state index in [1.54, 1.807) is 42.5 Å². The molecule has 0 radical (unpaired) electrons. The van der Waals surface area contributed by atoms with Gasteiger partial charge in [0.05, 0.1) is 10.9 Å². The second-order valence-corrected chi connectivity index (χ2v) is 7.56. The van der Waals surface area contributed by atoms with Gasteiger partial charge in [-0.3, -0.25) is 14.2 Å². The second kappa shape index (κ2) is 8.97. The van der Waals surface area contributed by atoms with Gasteiger partial charge in [0.2, 0.25) is 5.91 Å². The number of amides is 1. The first-order chi connectivity index (χ1) is 15.0. The summed E-state index contributed by atoms with van der Waals surface area (Å²) >= 11 is 5.29. The van der Waals surface area contributed by atoms with Crippen molar-refractivity contribution in [2.75, 3.05) is 5.32 Å². The van der Waals surface area contributed by atoms with Crippen LogP contribution in [0, 0.1) is 11.7 Å². The van der Waals surface area contributed by atoms with Gasteiger partial charge in [-0.2, -0.15) is 0 Å². The summed E-state index contributed by atoms with van der Waals surface area (Å²) in [6.07, 6.45) is 0.122. The second-order valence-electron chi connectivity index (χ2n) is 7.17. The number of carbonyl (C=O) groups is 1. The number of fused-ring (bicyclic) bond motifs is 1. The van der Waals surface area contributed by atoms with E-state index in [0.29, 0.717) is 27.1 Å². The molecule has 6 nitrogen and oxygen atoms in total. The number of rotatable bonds is 6. The third-order valence-electron chi connectivity index (χ3n) is 4.82. The van der Waals surface area contributed by atoms with Crippen LogP contribution < -0.4 is 15.6 Å². The Labute approximate surface area is 184 Å². The maximum Gasteiger partial charge on any atom is 0.262 e. The minimum absolute atomic E-state index is 0.122. The lowest BCUT2D eigenvalue weighted by Crippen LogP contribution is -2.25. The van der Waals surface area contributed by atoms with Crippen molar-refractivity contribution >= 4 is 34.7 Å². The normalized spacial score (nSPS) is 10.7. The number of benzene rings is 3. The lowest BCUT2D eigenvalue weighted by atomic mass is 10.2. The van der Waals surface area contributed by atoms with E-state index in [-0.39, 0.29) is 24.4 Å². The minimum Gasteiger partial charge on any atom is -0.457 e. The molecule has 0 saturated carbocycles. The van der Waals surface area contributed by atoms with Crippen molar-refractivity contribution in [3.8, 4) is 11.5 Å². The molecule has 2 N–H and O–H groups in total. The van der Waals surface area contributed by atoms with Gasteiger partial charge in [-0.1, -0.05) is 24.3 Å². The van der Waals surface area contributed by atoms with Crippen LogP contribution in [0.3, 0.4) is 0 Å². The van der Waals surface area contributed by atoms with Gasteiger partial charge in [0.1, 0.15) is 11.5 Å². The maximum atomic E-state index is 12.7. The Hall–Kier alpha value is -3.71. The Kier molecular flexibility index (Phi) is 5.95. The molecule has 156 valence electrons. The summed E-state index contributed by atoms with van der Waals surface area (Å²) in [7, 11) is 0.